The Hall–Kier alpha value is -3.60. The molecule has 0 bridgehead atoms. The molecule has 3 aromatic carbocycles. The van der Waals surface area contributed by atoms with E-state index in [1.165, 1.54) is 32.7 Å². The predicted octanol–water partition coefficient (Wildman–Crippen LogP) is 3.89. The van der Waals surface area contributed by atoms with Crippen molar-refractivity contribution in [1.82, 2.24) is 9.13 Å². The fraction of sp³-hybridized carbons (Fsp3) is 0.231. The first-order valence-corrected chi connectivity index (χ1v) is 10.5. The minimum absolute atomic E-state index is 0.453. The van der Waals surface area contributed by atoms with Crippen molar-refractivity contribution < 1.29 is 14.5 Å². The van der Waals surface area contributed by atoms with Gasteiger partial charge in [0.2, 0.25) is 5.36 Å². The van der Waals surface area contributed by atoms with Crippen molar-refractivity contribution in [1.29, 1.82) is 0 Å². The number of fused-ring (bicyclic) bond motifs is 4. The smallest absolute Gasteiger partial charge is 0.406 e. The molecular formula is C26H26N3O2+. The van der Waals surface area contributed by atoms with Gasteiger partial charge in [0.05, 0.1) is 22.1 Å². The summed E-state index contributed by atoms with van der Waals surface area (Å²) in [5, 5.41) is 5.49. The zero-order valence-corrected chi connectivity index (χ0v) is 18.5. The highest BCUT2D eigenvalue weighted by Gasteiger charge is 2.20. The molecule has 0 radical (unpaired) electrons. The first-order valence-electron chi connectivity index (χ1n) is 10.5. The molecule has 156 valence electrons. The zero-order chi connectivity index (χ0) is 21.9. The normalized spacial score (nSPS) is 13.0. The average Bonchev–Trinajstić information content (AvgIpc) is 2.72. The summed E-state index contributed by atoms with van der Waals surface area (Å²) in [6.07, 6.45) is -0.453. The molecule has 0 aliphatic carbocycles. The van der Waals surface area contributed by atoms with E-state index in [0.29, 0.717) is 5.36 Å². The summed E-state index contributed by atoms with van der Waals surface area (Å²) >= 11 is 0. The van der Waals surface area contributed by atoms with Gasteiger partial charge in [-0.2, -0.15) is 4.79 Å². The fourth-order valence-electron chi connectivity index (χ4n) is 4.53. The van der Waals surface area contributed by atoms with E-state index in [0.717, 1.165) is 10.9 Å². The van der Waals surface area contributed by atoms with Crippen molar-refractivity contribution in [2.45, 2.75) is 26.4 Å². The lowest BCUT2D eigenvalue weighted by molar-refractivity contribution is -0.417. The van der Waals surface area contributed by atoms with Crippen LogP contribution in [-0.4, -0.2) is 20.8 Å². The molecule has 0 saturated carbocycles. The number of pyridine rings is 2. The van der Waals surface area contributed by atoms with E-state index in [1.807, 2.05) is 32.9 Å². The second-order valence-electron chi connectivity index (χ2n) is 9.04. The maximum absolute atomic E-state index is 12.3. The molecule has 0 spiro atoms. The quantitative estimate of drug-likeness (QED) is 0.310. The molecule has 0 aliphatic rings. The number of ether oxygens (including phenoxy) is 1. The third-order valence-electron chi connectivity index (χ3n) is 5.79. The van der Waals surface area contributed by atoms with Crippen LogP contribution in [0.1, 0.15) is 20.8 Å². The highest BCUT2D eigenvalue weighted by atomic mass is 16.6. The van der Waals surface area contributed by atoms with Crippen LogP contribution in [0.2, 0.25) is 0 Å². The summed E-state index contributed by atoms with van der Waals surface area (Å²) in [7, 11) is 4.21. The number of hydrogen-bond donors (Lipinski definition) is 1. The first kappa shape index (κ1) is 19.4. The van der Waals surface area contributed by atoms with E-state index in [1.54, 1.807) is 0 Å². The molecule has 5 aromatic rings. The third kappa shape index (κ3) is 3.08. The second-order valence-corrected chi connectivity index (χ2v) is 9.04. The third-order valence-corrected chi connectivity index (χ3v) is 5.79. The number of aryl methyl sites for hydroxylation is 2. The molecule has 5 nitrogen and oxygen atoms in total. The molecule has 5 rings (SSSR count). The van der Waals surface area contributed by atoms with Crippen LogP contribution in [0, 0.1) is 0 Å². The molecule has 0 saturated heterocycles. The Bertz CT molecular complexity index is 1580. The summed E-state index contributed by atoms with van der Waals surface area (Å²) in [6, 6.07) is 21.0. The van der Waals surface area contributed by atoms with Gasteiger partial charge in [-0.1, -0.05) is 30.3 Å². The number of carbonyl (C=O) groups is 1. The highest BCUT2D eigenvalue weighted by molar-refractivity contribution is 6.24. The monoisotopic (exact) mass is 412 g/mol. The van der Waals surface area contributed by atoms with Gasteiger partial charge >= 0.3 is 6.09 Å². The van der Waals surface area contributed by atoms with Crippen LogP contribution < -0.4 is 10.3 Å². The topological polar surface area (TPSA) is 50.1 Å². The van der Waals surface area contributed by atoms with Crippen molar-refractivity contribution in [3.63, 3.8) is 0 Å². The summed E-state index contributed by atoms with van der Waals surface area (Å²) in [5.41, 5.74) is 4.06. The maximum atomic E-state index is 12.3. The Kier molecular flexibility index (Phi) is 4.19. The Morgan fingerprint density at radius 2 is 1.52 bits per heavy atom. The Balaban J connectivity index is 1.90. The van der Waals surface area contributed by atoms with Gasteiger partial charge in [-0.3, -0.25) is 0 Å². The van der Waals surface area contributed by atoms with Crippen LogP contribution in [-0.2, 0) is 18.8 Å². The molecule has 5 heteroatoms. The molecular weight excluding hydrogens is 386 g/mol. The van der Waals surface area contributed by atoms with E-state index in [9.17, 15) is 4.79 Å². The SMILES string of the molecule is Cn1c2ccccc2c2c3c(cccc31)c1ccc(=[NH+]C(=O)OC(C)(C)C)cc1n2C. The van der Waals surface area contributed by atoms with Crippen molar-refractivity contribution in [3.8, 4) is 0 Å². The number of amides is 1. The van der Waals surface area contributed by atoms with Crippen LogP contribution in [0.5, 0.6) is 0 Å². The molecule has 0 atom stereocenters. The lowest BCUT2D eigenvalue weighted by Crippen LogP contribution is -2.81. The largest absolute Gasteiger partial charge is 0.595 e. The summed E-state index contributed by atoms with van der Waals surface area (Å²) < 4.78 is 9.91. The number of benzene rings is 3. The van der Waals surface area contributed by atoms with Gasteiger partial charge < -0.3 is 13.9 Å². The summed E-state index contributed by atoms with van der Waals surface area (Å²) in [4.78, 5) is 15.2. The molecule has 2 heterocycles. The van der Waals surface area contributed by atoms with Gasteiger partial charge in [0, 0.05) is 42.4 Å². The van der Waals surface area contributed by atoms with E-state index < -0.39 is 11.7 Å². The predicted molar refractivity (Wildman–Crippen MR) is 125 cm³/mol. The molecule has 31 heavy (non-hydrogen) atoms. The number of nitrogens with one attached hydrogen (secondary N) is 1. The minimum atomic E-state index is -0.544. The first-order chi connectivity index (χ1) is 14.7. The van der Waals surface area contributed by atoms with Crippen LogP contribution in [0.3, 0.4) is 0 Å². The Labute approximate surface area is 180 Å². The van der Waals surface area contributed by atoms with Crippen LogP contribution in [0.25, 0.3) is 43.6 Å². The molecule has 2 aromatic heterocycles. The molecule has 0 fully saturated rings. The second kappa shape index (κ2) is 6.71. The summed E-state index contributed by atoms with van der Waals surface area (Å²) in [6.45, 7) is 5.57. The number of carbonyl (C=O) groups excluding carboxylic acids is 1. The van der Waals surface area contributed by atoms with Crippen LogP contribution in [0.15, 0.2) is 60.7 Å². The fourth-order valence-corrected chi connectivity index (χ4v) is 4.53. The van der Waals surface area contributed by atoms with Gasteiger partial charge in [0.15, 0.2) is 0 Å². The number of hydrogen-bond acceptors (Lipinski definition) is 2. The highest BCUT2D eigenvalue weighted by Crippen LogP contribution is 2.36. The van der Waals surface area contributed by atoms with E-state index in [4.69, 9.17) is 4.74 Å². The lowest BCUT2D eigenvalue weighted by Gasteiger charge is -2.20. The Morgan fingerprint density at radius 1 is 0.806 bits per heavy atom. The number of aromatic nitrogens is 2. The van der Waals surface area contributed by atoms with Gasteiger partial charge in [-0.05, 0) is 44.4 Å². The van der Waals surface area contributed by atoms with Crippen molar-refractivity contribution >= 4 is 49.7 Å². The van der Waals surface area contributed by atoms with E-state index in [-0.39, 0.29) is 0 Å². The molecule has 0 aliphatic heterocycles. The van der Waals surface area contributed by atoms with Crippen molar-refractivity contribution in [2.24, 2.45) is 14.1 Å². The van der Waals surface area contributed by atoms with E-state index >= 15 is 0 Å². The van der Waals surface area contributed by atoms with E-state index in [2.05, 4.69) is 76.8 Å². The lowest BCUT2D eigenvalue weighted by atomic mass is 9.99. The molecule has 1 amide bonds. The zero-order valence-electron chi connectivity index (χ0n) is 18.5. The molecule has 0 unspecified atom stereocenters. The van der Waals surface area contributed by atoms with Crippen molar-refractivity contribution in [2.75, 3.05) is 0 Å². The van der Waals surface area contributed by atoms with Crippen LogP contribution in [0.4, 0.5) is 4.79 Å². The van der Waals surface area contributed by atoms with Gasteiger partial charge in [0.25, 0.3) is 0 Å². The number of para-hydroxylation sites is 1. The average molecular weight is 413 g/mol. The maximum Gasteiger partial charge on any atom is 0.595 e. The van der Waals surface area contributed by atoms with Crippen LogP contribution >= 0.6 is 0 Å². The number of nitrogens with zero attached hydrogens (tertiary/aromatic N) is 2. The van der Waals surface area contributed by atoms with Gasteiger partial charge in [-0.25, -0.2) is 0 Å². The van der Waals surface area contributed by atoms with Crippen molar-refractivity contribution in [3.05, 3.63) is 66.0 Å². The standard InChI is InChI=1S/C26H25N3O2/c1-26(2,3)31-25(30)27-16-13-14-17-18-10-8-12-21-23(18)24(29(5)22(17)15-16)19-9-6-7-11-20(19)28(21)4/h6-15H,1-5H3/p+1. The van der Waals surface area contributed by atoms with Gasteiger partial charge in [0.1, 0.15) is 5.60 Å². The minimum Gasteiger partial charge on any atom is -0.406 e. The number of rotatable bonds is 0. The molecule has 1 N–H and O–H groups in total. The Morgan fingerprint density at radius 3 is 2.29 bits per heavy atom. The summed E-state index contributed by atoms with van der Waals surface area (Å²) in [5.74, 6) is 0. The van der Waals surface area contributed by atoms with Gasteiger partial charge in [-0.15, -0.1) is 4.99 Å².